The number of nitrogens with two attached hydrogens (primary N) is 1. The van der Waals surface area contributed by atoms with Crippen molar-refractivity contribution in [1.29, 1.82) is 0 Å². The third-order valence-corrected chi connectivity index (χ3v) is 3.87. The van der Waals surface area contributed by atoms with E-state index in [4.69, 9.17) is 10.5 Å². The first kappa shape index (κ1) is 15.0. The monoisotopic (exact) mass is 276 g/mol. The van der Waals surface area contributed by atoms with Gasteiger partial charge in [0.15, 0.2) is 0 Å². The maximum Gasteiger partial charge on any atom is 0.234 e. The molecule has 1 heterocycles. The van der Waals surface area contributed by atoms with Crippen molar-refractivity contribution in [1.82, 2.24) is 5.32 Å². The molecule has 20 heavy (non-hydrogen) atoms. The first-order valence-corrected chi connectivity index (χ1v) is 7.40. The van der Waals surface area contributed by atoms with Crippen molar-refractivity contribution < 1.29 is 9.53 Å². The maximum absolute atomic E-state index is 11.2. The maximum atomic E-state index is 11.2. The van der Waals surface area contributed by atoms with Crippen LogP contribution in [0, 0.1) is 5.92 Å². The standard InChI is InChI=1S/C16H24N2O2/c17-16(19)15-11-13(8-9-18-15)7-4-10-20-12-14-5-2-1-3-6-14/h1-3,5-6,13,15,18H,4,7-12H2,(H2,17,19). The number of hydrogen-bond donors (Lipinski definition) is 2. The lowest BCUT2D eigenvalue weighted by Crippen LogP contribution is -2.46. The molecule has 2 atom stereocenters. The molecule has 4 heteroatoms. The number of piperidine rings is 1. The van der Waals surface area contributed by atoms with Gasteiger partial charge in [-0.15, -0.1) is 0 Å². The first-order chi connectivity index (χ1) is 9.75. The number of hydrogen-bond acceptors (Lipinski definition) is 3. The van der Waals surface area contributed by atoms with Crippen LogP contribution in [-0.2, 0) is 16.1 Å². The lowest BCUT2D eigenvalue weighted by Gasteiger charge is -2.28. The Morgan fingerprint density at radius 2 is 2.15 bits per heavy atom. The van der Waals surface area contributed by atoms with Gasteiger partial charge in [0.2, 0.25) is 5.91 Å². The normalized spacial score (nSPS) is 22.6. The number of benzene rings is 1. The van der Waals surface area contributed by atoms with Crippen LogP contribution in [0.25, 0.3) is 0 Å². The number of rotatable bonds is 7. The number of carbonyl (C=O) groups is 1. The van der Waals surface area contributed by atoms with Crippen molar-refractivity contribution in [3.63, 3.8) is 0 Å². The number of nitrogens with one attached hydrogen (secondary N) is 1. The highest BCUT2D eigenvalue weighted by Gasteiger charge is 2.24. The molecular weight excluding hydrogens is 252 g/mol. The quantitative estimate of drug-likeness (QED) is 0.747. The van der Waals surface area contributed by atoms with E-state index in [1.54, 1.807) is 0 Å². The van der Waals surface area contributed by atoms with Crippen LogP contribution in [0.4, 0.5) is 0 Å². The molecular formula is C16H24N2O2. The molecule has 1 aliphatic rings. The summed E-state index contributed by atoms with van der Waals surface area (Å²) < 4.78 is 5.68. The molecule has 1 aromatic carbocycles. The highest BCUT2D eigenvalue weighted by molar-refractivity contribution is 5.79. The van der Waals surface area contributed by atoms with Crippen molar-refractivity contribution in [2.75, 3.05) is 13.2 Å². The van der Waals surface area contributed by atoms with Crippen molar-refractivity contribution in [2.24, 2.45) is 11.7 Å². The summed E-state index contributed by atoms with van der Waals surface area (Å²) in [5.41, 5.74) is 6.56. The Morgan fingerprint density at radius 1 is 1.35 bits per heavy atom. The molecule has 4 nitrogen and oxygen atoms in total. The molecule has 1 saturated heterocycles. The highest BCUT2D eigenvalue weighted by atomic mass is 16.5. The SMILES string of the molecule is NC(=O)C1CC(CCCOCc2ccccc2)CCN1. The van der Waals surface area contributed by atoms with E-state index >= 15 is 0 Å². The Hall–Kier alpha value is -1.39. The lowest BCUT2D eigenvalue weighted by atomic mass is 9.88. The van der Waals surface area contributed by atoms with Gasteiger partial charge < -0.3 is 15.8 Å². The zero-order valence-corrected chi connectivity index (χ0v) is 11.9. The van der Waals surface area contributed by atoms with Gasteiger partial charge in [0, 0.05) is 6.61 Å². The fraction of sp³-hybridized carbons (Fsp3) is 0.562. The second-order valence-electron chi connectivity index (χ2n) is 5.48. The van der Waals surface area contributed by atoms with E-state index in [0.717, 1.165) is 38.8 Å². The minimum absolute atomic E-state index is 0.140. The topological polar surface area (TPSA) is 64.4 Å². The molecule has 0 aliphatic carbocycles. The van der Waals surface area contributed by atoms with Gasteiger partial charge in [-0.2, -0.15) is 0 Å². The minimum Gasteiger partial charge on any atom is -0.377 e. The molecule has 2 unspecified atom stereocenters. The van der Waals surface area contributed by atoms with Gasteiger partial charge in [-0.3, -0.25) is 4.79 Å². The van der Waals surface area contributed by atoms with Crippen molar-refractivity contribution in [3.05, 3.63) is 35.9 Å². The smallest absolute Gasteiger partial charge is 0.234 e. The summed E-state index contributed by atoms with van der Waals surface area (Å²) in [5.74, 6) is 0.365. The van der Waals surface area contributed by atoms with Crippen LogP contribution in [0.3, 0.4) is 0 Å². The van der Waals surface area contributed by atoms with Gasteiger partial charge in [0.25, 0.3) is 0 Å². The molecule has 1 aliphatic heterocycles. The molecule has 0 spiro atoms. The zero-order valence-electron chi connectivity index (χ0n) is 11.9. The predicted molar refractivity (Wildman–Crippen MR) is 79.0 cm³/mol. The van der Waals surface area contributed by atoms with Gasteiger partial charge in [-0.25, -0.2) is 0 Å². The Morgan fingerprint density at radius 3 is 2.90 bits per heavy atom. The molecule has 0 aromatic heterocycles. The Bertz CT molecular complexity index is 408. The van der Waals surface area contributed by atoms with Crippen LogP contribution in [0.2, 0.25) is 0 Å². The van der Waals surface area contributed by atoms with E-state index < -0.39 is 0 Å². The third-order valence-electron chi connectivity index (χ3n) is 3.87. The van der Waals surface area contributed by atoms with Crippen LogP contribution in [0.15, 0.2) is 30.3 Å². The van der Waals surface area contributed by atoms with Gasteiger partial charge >= 0.3 is 0 Å². The predicted octanol–water partition coefficient (Wildman–Crippen LogP) is 1.84. The third kappa shape index (κ3) is 4.94. The molecule has 0 bridgehead atoms. The van der Waals surface area contributed by atoms with Gasteiger partial charge in [-0.05, 0) is 43.7 Å². The summed E-state index contributed by atoms with van der Waals surface area (Å²) in [6, 6.07) is 10.1. The van der Waals surface area contributed by atoms with Gasteiger partial charge in [-0.1, -0.05) is 30.3 Å². The molecule has 1 amide bonds. The fourth-order valence-corrected chi connectivity index (χ4v) is 2.71. The number of ether oxygens (including phenoxy) is 1. The summed E-state index contributed by atoms with van der Waals surface area (Å²) in [6.45, 7) is 2.35. The zero-order chi connectivity index (χ0) is 14.2. The van der Waals surface area contributed by atoms with E-state index in [0.29, 0.717) is 12.5 Å². The average Bonchev–Trinajstić information content (AvgIpc) is 2.48. The Labute approximate surface area is 120 Å². The molecule has 1 fully saturated rings. The summed E-state index contributed by atoms with van der Waals surface area (Å²) in [7, 11) is 0. The summed E-state index contributed by atoms with van der Waals surface area (Å²) in [5, 5.41) is 3.17. The van der Waals surface area contributed by atoms with Crippen LogP contribution < -0.4 is 11.1 Å². The fourth-order valence-electron chi connectivity index (χ4n) is 2.71. The summed E-state index contributed by atoms with van der Waals surface area (Å²) >= 11 is 0. The number of carbonyl (C=O) groups excluding carboxylic acids is 1. The molecule has 3 N–H and O–H groups in total. The molecule has 0 radical (unpaired) electrons. The largest absolute Gasteiger partial charge is 0.377 e. The van der Waals surface area contributed by atoms with Gasteiger partial charge in [0.05, 0.1) is 12.6 Å². The minimum atomic E-state index is -0.227. The second-order valence-corrected chi connectivity index (χ2v) is 5.48. The molecule has 1 aromatic rings. The van der Waals surface area contributed by atoms with E-state index in [-0.39, 0.29) is 11.9 Å². The van der Waals surface area contributed by atoms with Crippen LogP contribution in [0.1, 0.15) is 31.2 Å². The van der Waals surface area contributed by atoms with Crippen LogP contribution in [0.5, 0.6) is 0 Å². The summed E-state index contributed by atoms with van der Waals surface area (Å²) in [4.78, 5) is 11.2. The Kier molecular flexibility index (Phi) is 6.02. The lowest BCUT2D eigenvalue weighted by molar-refractivity contribution is -0.120. The highest BCUT2D eigenvalue weighted by Crippen LogP contribution is 2.21. The number of primary amides is 1. The second kappa shape index (κ2) is 8.02. The van der Waals surface area contributed by atoms with E-state index in [1.807, 2.05) is 18.2 Å². The molecule has 0 saturated carbocycles. The van der Waals surface area contributed by atoms with Crippen LogP contribution >= 0.6 is 0 Å². The molecule has 2 rings (SSSR count). The Balaban J connectivity index is 1.58. The molecule has 110 valence electrons. The van der Waals surface area contributed by atoms with Crippen molar-refractivity contribution in [2.45, 2.75) is 38.3 Å². The summed E-state index contributed by atoms with van der Waals surface area (Å²) in [6.07, 6.45) is 4.15. The van der Waals surface area contributed by atoms with Crippen LogP contribution in [-0.4, -0.2) is 25.1 Å². The van der Waals surface area contributed by atoms with E-state index in [9.17, 15) is 4.79 Å². The number of amides is 1. The van der Waals surface area contributed by atoms with E-state index in [1.165, 1.54) is 5.56 Å². The van der Waals surface area contributed by atoms with Crippen molar-refractivity contribution in [3.8, 4) is 0 Å². The van der Waals surface area contributed by atoms with Gasteiger partial charge in [0.1, 0.15) is 0 Å². The first-order valence-electron chi connectivity index (χ1n) is 7.40. The van der Waals surface area contributed by atoms with Crippen molar-refractivity contribution >= 4 is 5.91 Å². The van der Waals surface area contributed by atoms with E-state index in [2.05, 4.69) is 17.4 Å². The average molecular weight is 276 g/mol.